The van der Waals surface area contributed by atoms with E-state index < -0.39 is 0 Å². The lowest BCUT2D eigenvalue weighted by molar-refractivity contribution is 0.313. The predicted molar refractivity (Wildman–Crippen MR) is 53.8 cm³/mol. The van der Waals surface area contributed by atoms with Crippen molar-refractivity contribution in [3.8, 4) is 0 Å². The summed E-state index contributed by atoms with van der Waals surface area (Å²) in [6, 6.07) is 11.9. The Morgan fingerprint density at radius 1 is 1.15 bits per heavy atom. The number of nitrogens with zero attached hydrogens (tertiary/aromatic N) is 2. The lowest BCUT2D eigenvalue weighted by Crippen LogP contribution is -2.44. The molecule has 0 atom stereocenters. The summed E-state index contributed by atoms with van der Waals surface area (Å²) in [4.78, 5) is 4.75. The van der Waals surface area contributed by atoms with Crippen molar-refractivity contribution in [3.05, 3.63) is 30.3 Å². The summed E-state index contributed by atoms with van der Waals surface area (Å²) in [6.45, 7) is 4.54. The summed E-state index contributed by atoms with van der Waals surface area (Å²) in [5.41, 5.74) is 1.27. The molecule has 0 amide bonds. The summed E-state index contributed by atoms with van der Waals surface area (Å²) in [5.74, 6) is 0. The molecule has 0 radical (unpaired) electrons. The van der Waals surface area contributed by atoms with E-state index in [4.69, 9.17) is 0 Å². The average Bonchev–Trinajstić information content (AvgIpc) is 2.20. The Bertz CT molecular complexity index is 250. The van der Waals surface area contributed by atoms with Crippen LogP contribution < -0.4 is 4.90 Å². The molecule has 2 rings (SSSR count). The molecule has 0 bridgehead atoms. The number of hydrogen-bond donors (Lipinski definition) is 0. The Hall–Kier alpha value is -1.20. The zero-order chi connectivity index (χ0) is 9.10. The third-order valence-electron chi connectivity index (χ3n) is 2.51. The van der Waals surface area contributed by atoms with E-state index in [1.807, 2.05) is 12.1 Å². The first-order valence-electron chi connectivity index (χ1n) is 4.67. The van der Waals surface area contributed by atoms with Crippen molar-refractivity contribution in [2.75, 3.05) is 38.1 Å². The third kappa shape index (κ3) is 1.93. The topological polar surface area (TPSA) is 6.48 Å². The van der Waals surface area contributed by atoms with E-state index in [2.05, 4.69) is 35.0 Å². The Labute approximate surface area is 79.8 Å². The fourth-order valence-electron chi connectivity index (χ4n) is 1.60. The Morgan fingerprint density at radius 3 is 2.54 bits per heavy atom. The quantitative estimate of drug-likeness (QED) is 0.627. The zero-order valence-corrected chi connectivity index (χ0v) is 7.95. The molecule has 1 fully saturated rings. The Kier molecular flexibility index (Phi) is 2.37. The van der Waals surface area contributed by atoms with Crippen molar-refractivity contribution in [2.45, 2.75) is 0 Å². The largest absolute Gasteiger partial charge is 0.368 e. The SMILES string of the molecule is CN1CCN(c2cc#ccc2)CC1. The van der Waals surface area contributed by atoms with Crippen molar-refractivity contribution in [3.63, 3.8) is 0 Å². The monoisotopic (exact) mass is 174 g/mol. The highest BCUT2D eigenvalue weighted by Crippen LogP contribution is 2.12. The van der Waals surface area contributed by atoms with Crippen LogP contribution in [0.1, 0.15) is 0 Å². The van der Waals surface area contributed by atoms with Crippen molar-refractivity contribution < 1.29 is 0 Å². The molecule has 0 aliphatic carbocycles. The van der Waals surface area contributed by atoms with E-state index in [1.54, 1.807) is 0 Å². The lowest BCUT2D eigenvalue weighted by Gasteiger charge is -2.33. The molecule has 2 nitrogen and oxygen atoms in total. The molecule has 68 valence electrons. The van der Waals surface area contributed by atoms with Gasteiger partial charge in [-0.05, 0) is 19.2 Å². The minimum absolute atomic E-state index is 1.12. The van der Waals surface area contributed by atoms with Gasteiger partial charge in [-0.1, -0.05) is 12.1 Å². The fourth-order valence-corrected chi connectivity index (χ4v) is 1.60. The van der Waals surface area contributed by atoms with E-state index in [9.17, 15) is 0 Å². The van der Waals surface area contributed by atoms with Crippen LogP contribution in [0.15, 0.2) is 18.2 Å². The molecule has 1 aromatic rings. The minimum atomic E-state index is 1.12. The second-order valence-corrected chi connectivity index (χ2v) is 3.48. The van der Waals surface area contributed by atoms with E-state index in [0.29, 0.717) is 0 Å². The van der Waals surface area contributed by atoms with Crippen LogP contribution in [0.5, 0.6) is 0 Å². The van der Waals surface area contributed by atoms with Crippen LogP contribution in [0.2, 0.25) is 0 Å². The van der Waals surface area contributed by atoms with Gasteiger partial charge in [-0.25, -0.2) is 0 Å². The van der Waals surface area contributed by atoms with Crippen molar-refractivity contribution in [1.29, 1.82) is 0 Å². The summed E-state index contributed by atoms with van der Waals surface area (Å²) in [6.07, 6.45) is 0. The average molecular weight is 174 g/mol. The van der Waals surface area contributed by atoms with Crippen LogP contribution in [-0.2, 0) is 0 Å². The summed E-state index contributed by atoms with van der Waals surface area (Å²) in [7, 11) is 2.17. The highest BCUT2D eigenvalue weighted by Gasteiger charge is 2.13. The van der Waals surface area contributed by atoms with E-state index in [-0.39, 0.29) is 0 Å². The lowest BCUT2D eigenvalue weighted by atomic mass is 10.2. The molecule has 1 aliphatic rings. The zero-order valence-electron chi connectivity index (χ0n) is 7.95. The smallest absolute Gasteiger partial charge is 0.0458 e. The number of likely N-dealkylation sites (N-methyl/N-ethyl adjacent to an activating group) is 1. The normalized spacial score (nSPS) is 18.4. The molecule has 1 aromatic carbocycles. The third-order valence-corrected chi connectivity index (χ3v) is 2.51. The molecule has 0 N–H and O–H groups in total. The Morgan fingerprint density at radius 2 is 1.92 bits per heavy atom. The van der Waals surface area contributed by atoms with E-state index >= 15 is 0 Å². The molecule has 0 unspecified atom stereocenters. The van der Waals surface area contributed by atoms with Crippen molar-refractivity contribution in [1.82, 2.24) is 4.90 Å². The maximum Gasteiger partial charge on any atom is 0.0458 e. The predicted octanol–water partition coefficient (Wildman–Crippen LogP) is 1.04. The van der Waals surface area contributed by atoms with Gasteiger partial charge in [-0.3, -0.25) is 0 Å². The van der Waals surface area contributed by atoms with Gasteiger partial charge in [-0.2, -0.15) is 0 Å². The van der Waals surface area contributed by atoms with Crippen LogP contribution in [0.3, 0.4) is 0 Å². The standard InChI is InChI=1S/C11H14N2/c1-12-7-9-13(10-8-12)11-5-3-2-4-6-11/h3,5-6H,7-10H2,1H3. The molecule has 1 aliphatic heterocycles. The number of anilines is 1. The van der Waals surface area contributed by atoms with E-state index in [1.165, 1.54) is 5.69 Å². The van der Waals surface area contributed by atoms with Gasteiger partial charge >= 0.3 is 0 Å². The highest BCUT2D eigenvalue weighted by atomic mass is 15.2. The van der Waals surface area contributed by atoms with Crippen LogP contribution in [0.25, 0.3) is 0 Å². The van der Waals surface area contributed by atoms with Gasteiger partial charge in [0, 0.05) is 37.9 Å². The number of piperazine rings is 1. The molecule has 0 aromatic heterocycles. The van der Waals surface area contributed by atoms with Crippen LogP contribution in [0, 0.1) is 12.1 Å². The first-order chi connectivity index (χ1) is 6.36. The Balaban J connectivity index is 2.03. The van der Waals surface area contributed by atoms with Crippen LogP contribution >= 0.6 is 0 Å². The van der Waals surface area contributed by atoms with Crippen LogP contribution in [-0.4, -0.2) is 38.1 Å². The fraction of sp³-hybridized carbons (Fsp3) is 0.455. The first-order valence-corrected chi connectivity index (χ1v) is 4.67. The maximum absolute atomic E-state index is 2.99. The highest BCUT2D eigenvalue weighted by molar-refractivity contribution is 5.44. The van der Waals surface area contributed by atoms with Gasteiger partial charge in [-0.15, -0.1) is 0 Å². The second kappa shape index (κ2) is 3.68. The maximum atomic E-state index is 2.99. The van der Waals surface area contributed by atoms with Crippen molar-refractivity contribution >= 4 is 5.69 Å². The minimum Gasteiger partial charge on any atom is -0.368 e. The molecule has 1 saturated heterocycles. The van der Waals surface area contributed by atoms with Gasteiger partial charge in [0.05, 0.1) is 0 Å². The second-order valence-electron chi connectivity index (χ2n) is 3.48. The summed E-state index contributed by atoms with van der Waals surface area (Å²) < 4.78 is 0. The molecule has 2 heteroatoms. The van der Waals surface area contributed by atoms with Crippen molar-refractivity contribution in [2.24, 2.45) is 0 Å². The van der Waals surface area contributed by atoms with Crippen LogP contribution in [0.4, 0.5) is 5.69 Å². The molecule has 13 heavy (non-hydrogen) atoms. The summed E-state index contributed by atoms with van der Waals surface area (Å²) in [5, 5.41) is 0. The molecule has 0 spiro atoms. The number of rotatable bonds is 1. The van der Waals surface area contributed by atoms with Gasteiger partial charge in [0.2, 0.25) is 0 Å². The van der Waals surface area contributed by atoms with Gasteiger partial charge in [0.1, 0.15) is 0 Å². The molecular weight excluding hydrogens is 160 g/mol. The van der Waals surface area contributed by atoms with Gasteiger partial charge in [0.15, 0.2) is 0 Å². The van der Waals surface area contributed by atoms with Gasteiger partial charge in [0.25, 0.3) is 0 Å². The summed E-state index contributed by atoms with van der Waals surface area (Å²) >= 11 is 0. The molecule has 1 heterocycles. The van der Waals surface area contributed by atoms with E-state index in [0.717, 1.165) is 26.2 Å². The number of hydrogen-bond acceptors (Lipinski definition) is 2. The first kappa shape index (κ1) is 8.40. The molecular formula is C11H14N2. The van der Waals surface area contributed by atoms with Gasteiger partial charge < -0.3 is 9.80 Å². The molecule has 0 saturated carbocycles.